The van der Waals surface area contributed by atoms with Gasteiger partial charge in [-0.2, -0.15) is 0 Å². The van der Waals surface area contributed by atoms with Crippen molar-refractivity contribution in [2.75, 3.05) is 46.3 Å². The Hall–Kier alpha value is -1.50. The van der Waals surface area contributed by atoms with Crippen LogP contribution in [0.4, 0.5) is 5.69 Å². The van der Waals surface area contributed by atoms with Crippen molar-refractivity contribution in [3.63, 3.8) is 0 Å². The van der Waals surface area contributed by atoms with E-state index in [1.165, 1.54) is 7.11 Å². The summed E-state index contributed by atoms with van der Waals surface area (Å²) in [6, 6.07) is 3.16. The van der Waals surface area contributed by atoms with Crippen LogP contribution in [0.25, 0.3) is 0 Å². The predicted molar refractivity (Wildman–Crippen MR) is 93.8 cm³/mol. The van der Waals surface area contributed by atoms with E-state index in [9.17, 15) is 4.79 Å². The minimum absolute atomic E-state index is 0.0911. The number of benzene rings is 1. The summed E-state index contributed by atoms with van der Waals surface area (Å²) in [5.74, 6) is 0.353. The topological polar surface area (TPSA) is 74.0 Å². The van der Waals surface area contributed by atoms with Gasteiger partial charge in [-0.1, -0.05) is 11.6 Å². The Morgan fingerprint density at radius 1 is 1.29 bits per heavy atom. The Bertz CT molecular complexity index is 560. The zero-order valence-corrected chi connectivity index (χ0v) is 15.0. The summed E-state index contributed by atoms with van der Waals surface area (Å²) in [5.41, 5.74) is 6.60. The van der Waals surface area contributed by atoms with Crippen molar-refractivity contribution in [2.45, 2.75) is 25.4 Å². The lowest BCUT2D eigenvalue weighted by Gasteiger charge is -2.32. The molecule has 2 rings (SSSR count). The van der Waals surface area contributed by atoms with Crippen molar-refractivity contribution < 1.29 is 19.0 Å². The number of piperidine rings is 1. The maximum atomic E-state index is 12.7. The van der Waals surface area contributed by atoms with Gasteiger partial charge in [-0.3, -0.25) is 4.79 Å². The molecule has 0 spiro atoms. The average molecular weight is 357 g/mol. The average Bonchev–Trinajstić information content (AvgIpc) is 2.60. The van der Waals surface area contributed by atoms with Gasteiger partial charge in [0.1, 0.15) is 5.75 Å². The molecule has 1 aliphatic heterocycles. The molecule has 0 aliphatic carbocycles. The van der Waals surface area contributed by atoms with Gasteiger partial charge < -0.3 is 24.8 Å². The first kappa shape index (κ1) is 18.8. The van der Waals surface area contributed by atoms with Crippen molar-refractivity contribution in [3.8, 4) is 5.75 Å². The highest BCUT2D eigenvalue weighted by Gasteiger charge is 2.26. The molecule has 6 nitrogen and oxygen atoms in total. The van der Waals surface area contributed by atoms with Gasteiger partial charge in [0.25, 0.3) is 5.91 Å². The molecule has 1 aromatic carbocycles. The molecule has 0 atom stereocenters. The van der Waals surface area contributed by atoms with Crippen LogP contribution in [0, 0.1) is 0 Å². The number of rotatable bonds is 7. The fraction of sp³-hybridized carbons (Fsp3) is 0.588. The molecule has 2 N–H and O–H groups in total. The second-order valence-electron chi connectivity index (χ2n) is 5.78. The predicted octanol–water partition coefficient (Wildman–Crippen LogP) is 2.59. The number of nitrogens with two attached hydrogens (primary N) is 1. The number of carbonyl (C=O) groups is 1. The van der Waals surface area contributed by atoms with Crippen molar-refractivity contribution in [1.29, 1.82) is 0 Å². The summed E-state index contributed by atoms with van der Waals surface area (Å²) in [7, 11) is 3.20. The standard InChI is InChI=1S/C17H25ClN2O4/c1-22-8-3-9-24-12-4-6-20(7-5-12)17(21)13-10-14(18)15(19)11-16(13)23-2/h10-12H,3-9,19H2,1-2H3. The minimum atomic E-state index is -0.0911. The van der Waals surface area contributed by atoms with Gasteiger partial charge in [0, 0.05) is 39.5 Å². The van der Waals surface area contributed by atoms with Gasteiger partial charge >= 0.3 is 0 Å². The highest BCUT2D eigenvalue weighted by molar-refractivity contribution is 6.33. The van der Waals surface area contributed by atoms with Crippen LogP contribution in [0.2, 0.25) is 5.02 Å². The third kappa shape index (κ3) is 4.75. The molecule has 0 aromatic heterocycles. The minimum Gasteiger partial charge on any atom is -0.496 e. The van der Waals surface area contributed by atoms with E-state index in [0.717, 1.165) is 19.3 Å². The lowest BCUT2D eigenvalue weighted by atomic mass is 10.1. The molecule has 0 bridgehead atoms. The van der Waals surface area contributed by atoms with Crippen LogP contribution in [-0.4, -0.2) is 57.4 Å². The summed E-state index contributed by atoms with van der Waals surface area (Å²) >= 11 is 6.05. The number of carbonyl (C=O) groups excluding carboxylic acids is 1. The molecule has 134 valence electrons. The first-order valence-corrected chi connectivity index (χ1v) is 8.47. The number of hydrogen-bond donors (Lipinski definition) is 1. The number of nitrogens with zero attached hydrogens (tertiary/aromatic N) is 1. The molecule has 1 amide bonds. The van der Waals surface area contributed by atoms with E-state index in [1.54, 1.807) is 24.1 Å². The van der Waals surface area contributed by atoms with Crippen LogP contribution in [-0.2, 0) is 9.47 Å². The number of likely N-dealkylation sites (tertiary alicyclic amines) is 1. The third-order valence-electron chi connectivity index (χ3n) is 4.12. The zero-order valence-electron chi connectivity index (χ0n) is 14.2. The first-order valence-electron chi connectivity index (χ1n) is 8.09. The summed E-state index contributed by atoms with van der Waals surface area (Å²) in [6.45, 7) is 2.70. The summed E-state index contributed by atoms with van der Waals surface area (Å²) in [5, 5.41) is 0.357. The van der Waals surface area contributed by atoms with Crippen LogP contribution >= 0.6 is 11.6 Å². The van der Waals surface area contributed by atoms with Crippen molar-refractivity contribution in [2.24, 2.45) is 0 Å². The molecule has 0 saturated carbocycles. The molecule has 0 radical (unpaired) electrons. The molecular formula is C17H25ClN2O4. The lowest BCUT2D eigenvalue weighted by Crippen LogP contribution is -2.41. The van der Waals surface area contributed by atoms with Crippen molar-refractivity contribution in [3.05, 3.63) is 22.7 Å². The number of anilines is 1. The Labute approximate surface area is 147 Å². The second kappa shape index (κ2) is 9.11. The number of nitrogen functional groups attached to an aromatic ring is 1. The fourth-order valence-corrected chi connectivity index (χ4v) is 2.92. The summed E-state index contributed by atoms with van der Waals surface area (Å²) < 4.78 is 16.1. The normalized spacial score (nSPS) is 15.5. The zero-order chi connectivity index (χ0) is 17.5. The Kier molecular flexibility index (Phi) is 7.15. The van der Waals surface area contributed by atoms with E-state index >= 15 is 0 Å². The van der Waals surface area contributed by atoms with Gasteiger partial charge in [-0.05, 0) is 25.3 Å². The van der Waals surface area contributed by atoms with Crippen LogP contribution in [0.1, 0.15) is 29.6 Å². The lowest BCUT2D eigenvalue weighted by molar-refractivity contribution is 0.00184. The number of halogens is 1. The smallest absolute Gasteiger partial charge is 0.257 e. The fourth-order valence-electron chi connectivity index (χ4n) is 2.75. The molecular weight excluding hydrogens is 332 g/mol. The number of amides is 1. The SMILES string of the molecule is COCCCOC1CCN(C(=O)c2cc(Cl)c(N)cc2OC)CC1. The number of hydrogen-bond acceptors (Lipinski definition) is 5. The first-order chi connectivity index (χ1) is 11.6. The Morgan fingerprint density at radius 2 is 2.00 bits per heavy atom. The van der Waals surface area contributed by atoms with E-state index in [-0.39, 0.29) is 12.0 Å². The molecule has 0 unspecified atom stereocenters. The monoisotopic (exact) mass is 356 g/mol. The molecule has 1 heterocycles. The maximum absolute atomic E-state index is 12.7. The van der Waals surface area contributed by atoms with E-state index in [0.29, 0.717) is 48.3 Å². The van der Waals surface area contributed by atoms with Gasteiger partial charge in [0.15, 0.2) is 0 Å². The third-order valence-corrected chi connectivity index (χ3v) is 4.45. The maximum Gasteiger partial charge on any atom is 0.257 e. The second-order valence-corrected chi connectivity index (χ2v) is 6.19. The van der Waals surface area contributed by atoms with E-state index in [1.807, 2.05) is 0 Å². The van der Waals surface area contributed by atoms with Crippen LogP contribution < -0.4 is 10.5 Å². The highest BCUT2D eigenvalue weighted by atomic mass is 35.5. The van der Waals surface area contributed by atoms with Crippen LogP contribution in [0.15, 0.2) is 12.1 Å². The largest absolute Gasteiger partial charge is 0.496 e. The molecule has 7 heteroatoms. The van der Waals surface area contributed by atoms with E-state index in [2.05, 4.69) is 0 Å². The summed E-state index contributed by atoms with van der Waals surface area (Å²) in [6.07, 6.45) is 2.73. The van der Waals surface area contributed by atoms with Gasteiger partial charge in [0.05, 0.1) is 29.5 Å². The van der Waals surface area contributed by atoms with Gasteiger partial charge in [-0.15, -0.1) is 0 Å². The Balaban J connectivity index is 1.92. The number of ether oxygens (including phenoxy) is 3. The molecule has 1 aromatic rings. The molecule has 24 heavy (non-hydrogen) atoms. The van der Waals surface area contributed by atoms with Crippen LogP contribution in [0.5, 0.6) is 5.75 Å². The van der Waals surface area contributed by atoms with Gasteiger partial charge in [-0.25, -0.2) is 0 Å². The molecule has 1 fully saturated rings. The van der Waals surface area contributed by atoms with Crippen molar-refractivity contribution in [1.82, 2.24) is 4.90 Å². The molecule has 1 aliphatic rings. The quantitative estimate of drug-likeness (QED) is 0.600. The van der Waals surface area contributed by atoms with Gasteiger partial charge in [0.2, 0.25) is 0 Å². The Morgan fingerprint density at radius 3 is 2.62 bits per heavy atom. The van der Waals surface area contributed by atoms with Crippen LogP contribution in [0.3, 0.4) is 0 Å². The van der Waals surface area contributed by atoms with E-state index < -0.39 is 0 Å². The molecule has 1 saturated heterocycles. The number of methoxy groups -OCH3 is 2. The van der Waals surface area contributed by atoms with E-state index in [4.69, 9.17) is 31.5 Å². The highest BCUT2D eigenvalue weighted by Crippen LogP contribution is 2.30. The van der Waals surface area contributed by atoms with Crippen molar-refractivity contribution >= 4 is 23.2 Å². The summed E-state index contributed by atoms with van der Waals surface area (Å²) in [4.78, 5) is 14.5.